The summed E-state index contributed by atoms with van der Waals surface area (Å²) >= 11 is 3.13. The topological polar surface area (TPSA) is 12.0 Å². The molecule has 1 N–H and O–H groups in total. The summed E-state index contributed by atoms with van der Waals surface area (Å²) in [5, 5.41) is 3.26. The zero-order chi connectivity index (χ0) is 13.6. The number of nitrogens with one attached hydrogen (secondary N) is 1. The standard InChI is InChI=1S/C15H18BrF2N/c1-19-14(10-5-8-4-9(8)6-10)7-11-13(17)3-2-12(16)15(11)18/h2-3,8-10,14,19H,4-7H2,1H3. The highest BCUT2D eigenvalue weighted by Gasteiger charge is 2.47. The first-order valence-corrected chi connectivity index (χ1v) is 7.69. The molecule has 0 radical (unpaired) electrons. The van der Waals surface area contributed by atoms with Crippen molar-refractivity contribution in [3.8, 4) is 0 Å². The largest absolute Gasteiger partial charge is 0.316 e. The Hall–Kier alpha value is -0.480. The number of likely N-dealkylation sites (N-methyl/N-ethyl adjacent to an activating group) is 1. The molecular formula is C15H18BrF2N. The van der Waals surface area contributed by atoms with Gasteiger partial charge in [-0.2, -0.15) is 0 Å². The highest BCUT2D eigenvalue weighted by atomic mass is 79.9. The van der Waals surface area contributed by atoms with Crippen molar-refractivity contribution in [3.63, 3.8) is 0 Å². The van der Waals surface area contributed by atoms with Crippen molar-refractivity contribution in [1.29, 1.82) is 0 Å². The van der Waals surface area contributed by atoms with Gasteiger partial charge in [-0.05, 0) is 78.5 Å². The van der Waals surface area contributed by atoms with Crippen molar-refractivity contribution in [2.75, 3.05) is 7.05 Å². The van der Waals surface area contributed by atoms with Crippen LogP contribution in [0, 0.1) is 29.4 Å². The molecule has 3 atom stereocenters. The van der Waals surface area contributed by atoms with Crippen LogP contribution in [0.1, 0.15) is 24.8 Å². The molecule has 0 aliphatic heterocycles. The molecule has 2 aliphatic carbocycles. The van der Waals surface area contributed by atoms with Crippen LogP contribution in [0.4, 0.5) is 8.78 Å². The molecule has 2 aliphatic rings. The van der Waals surface area contributed by atoms with Crippen LogP contribution in [0.15, 0.2) is 16.6 Å². The molecule has 19 heavy (non-hydrogen) atoms. The first-order chi connectivity index (χ1) is 9.10. The van der Waals surface area contributed by atoms with Crippen molar-refractivity contribution < 1.29 is 8.78 Å². The van der Waals surface area contributed by atoms with Gasteiger partial charge < -0.3 is 5.32 Å². The fraction of sp³-hybridized carbons (Fsp3) is 0.600. The molecule has 4 heteroatoms. The highest BCUT2D eigenvalue weighted by Crippen LogP contribution is 2.55. The lowest BCUT2D eigenvalue weighted by Crippen LogP contribution is -2.35. The van der Waals surface area contributed by atoms with E-state index in [1.807, 2.05) is 7.05 Å². The normalized spacial score (nSPS) is 30.2. The molecule has 0 saturated heterocycles. The maximum absolute atomic E-state index is 14.0. The summed E-state index contributed by atoms with van der Waals surface area (Å²) in [6.07, 6.45) is 4.23. The SMILES string of the molecule is CNC(Cc1c(F)ccc(Br)c1F)C1CC2CC2C1. The summed E-state index contributed by atoms with van der Waals surface area (Å²) in [7, 11) is 1.89. The lowest BCUT2D eigenvalue weighted by Gasteiger charge is -2.25. The Morgan fingerprint density at radius 2 is 1.95 bits per heavy atom. The number of halogens is 3. The number of hydrogen-bond acceptors (Lipinski definition) is 1. The fourth-order valence-electron chi connectivity index (χ4n) is 3.57. The Kier molecular flexibility index (Phi) is 3.65. The lowest BCUT2D eigenvalue weighted by atomic mass is 9.89. The van der Waals surface area contributed by atoms with Gasteiger partial charge >= 0.3 is 0 Å². The maximum atomic E-state index is 14.0. The zero-order valence-corrected chi connectivity index (χ0v) is 12.5. The Bertz CT molecular complexity index is 481. The first-order valence-electron chi connectivity index (χ1n) is 6.89. The van der Waals surface area contributed by atoms with E-state index >= 15 is 0 Å². The Morgan fingerprint density at radius 1 is 1.26 bits per heavy atom. The van der Waals surface area contributed by atoms with Gasteiger partial charge in [0.1, 0.15) is 11.6 Å². The van der Waals surface area contributed by atoms with E-state index in [4.69, 9.17) is 0 Å². The van der Waals surface area contributed by atoms with E-state index in [0.717, 1.165) is 11.8 Å². The highest BCUT2D eigenvalue weighted by molar-refractivity contribution is 9.10. The Morgan fingerprint density at radius 3 is 2.58 bits per heavy atom. The molecule has 0 amide bonds. The second-order valence-corrected chi connectivity index (χ2v) is 6.76. The minimum absolute atomic E-state index is 0.172. The first kappa shape index (κ1) is 13.5. The van der Waals surface area contributed by atoms with E-state index in [2.05, 4.69) is 21.2 Å². The van der Waals surface area contributed by atoms with E-state index < -0.39 is 11.6 Å². The Balaban J connectivity index is 1.77. The van der Waals surface area contributed by atoms with Crippen LogP contribution in [0.3, 0.4) is 0 Å². The summed E-state index contributed by atoms with van der Waals surface area (Å²) < 4.78 is 28.2. The van der Waals surface area contributed by atoms with Crippen LogP contribution in [0.5, 0.6) is 0 Å². The Labute approximate surface area is 120 Å². The number of fused-ring (bicyclic) bond motifs is 1. The minimum atomic E-state index is -0.455. The van der Waals surface area contributed by atoms with Crippen LogP contribution in [0.2, 0.25) is 0 Å². The molecule has 0 bridgehead atoms. The number of hydrogen-bond donors (Lipinski definition) is 1. The molecule has 1 aromatic rings. The third-order valence-corrected chi connectivity index (χ3v) is 5.40. The molecule has 0 heterocycles. The summed E-state index contributed by atoms with van der Waals surface area (Å²) in [6.45, 7) is 0. The molecule has 2 fully saturated rings. The van der Waals surface area contributed by atoms with Crippen molar-refractivity contribution in [2.24, 2.45) is 17.8 Å². The van der Waals surface area contributed by atoms with E-state index in [-0.39, 0.29) is 11.6 Å². The smallest absolute Gasteiger partial charge is 0.143 e. The molecule has 3 rings (SSSR count). The van der Waals surface area contributed by atoms with E-state index in [1.165, 1.54) is 31.4 Å². The van der Waals surface area contributed by atoms with Crippen LogP contribution >= 0.6 is 15.9 Å². The maximum Gasteiger partial charge on any atom is 0.143 e. The van der Waals surface area contributed by atoms with Crippen molar-refractivity contribution in [1.82, 2.24) is 5.32 Å². The molecule has 0 spiro atoms. The minimum Gasteiger partial charge on any atom is -0.316 e. The van der Waals surface area contributed by atoms with Crippen LogP contribution in [0.25, 0.3) is 0 Å². The molecule has 1 nitrogen and oxygen atoms in total. The van der Waals surface area contributed by atoms with Gasteiger partial charge in [0.25, 0.3) is 0 Å². The van der Waals surface area contributed by atoms with Gasteiger partial charge in [-0.3, -0.25) is 0 Å². The summed E-state index contributed by atoms with van der Waals surface area (Å²) in [5.74, 6) is 1.44. The second kappa shape index (κ2) is 5.13. The van der Waals surface area contributed by atoms with Gasteiger partial charge in [0.2, 0.25) is 0 Å². The van der Waals surface area contributed by atoms with Gasteiger partial charge in [-0.1, -0.05) is 0 Å². The van der Waals surface area contributed by atoms with E-state index in [9.17, 15) is 8.78 Å². The number of benzene rings is 1. The van der Waals surface area contributed by atoms with Crippen LogP contribution < -0.4 is 5.32 Å². The van der Waals surface area contributed by atoms with Crippen LogP contribution in [-0.2, 0) is 6.42 Å². The second-order valence-electron chi connectivity index (χ2n) is 5.91. The van der Waals surface area contributed by atoms with Crippen molar-refractivity contribution >= 4 is 15.9 Å². The zero-order valence-electron chi connectivity index (χ0n) is 10.9. The summed E-state index contributed by atoms with van der Waals surface area (Å²) in [6, 6.07) is 2.93. The van der Waals surface area contributed by atoms with Gasteiger partial charge in [-0.25, -0.2) is 8.78 Å². The predicted molar refractivity (Wildman–Crippen MR) is 74.9 cm³/mol. The molecule has 104 valence electrons. The van der Waals surface area contributed by atoms with E-state index in [0.29, 0.717) is 16.8 Å². The molecule has 3 unspecified atom stereocenters. The quantitative estimate of drug-likeness (QED) is 0.826. The predicted octanol–water partition coefficient (Wildman–Crippen LogP) is 3.90. The van der Waals surface area contributed by atoms with E-state index in [1.54, 1.807) is 0 Å². The van der Waals surface area contributed by atoms with Gasteiger partial charge in [-0.15, -0.1) is 0 Å². The van der Waals surface area contributed by atoms with Crippen molar-refractivity contribution in [2.45, 2.75) is 31.7 Å². The average molecular weight is 330 g/mol. The van der Waals surface area contributed by atoms with Gasteiger partial charge in [0, 0.05) is 11.6 Å². The van der Waals surface area contributed by atoms with Crippen molar-refractivity contribution in [3.05, 3.63) is 33.8 Å². The van der Waals surface area contributed by atoms with Crippen LogP contribution in [-0.4, -0.2) is 13.1 Å². The fourth-order valence-corrected chi connectivity index (χ4v) is 3.94. The molecule has 2 saturated carbocycles. The average Bonchev–Trinajstić information content (AvgIpc) is 3.01. The monoisotopic (exact) mass is 329 g/mol. The summed E-state index contributed by atoms with van der Waals surface area (Å²) in [5.41, 5.74) is 0.203. The lowest BCUT2D eigenvalue weighted by molar-refractivity contribution is 0.342. The molecular weight excluding hydrogens is 312 g/mol. The number of rotatable bonds is 4. The third-order valence-electron chi connectivity index (χ3n) is 4.78. The molecule has 1 aromatic carbocycles. The van der Waals surface area contributed by atoms with Gasteiger partial charge in [0.05, 0.1) is 4.47 Å². The third kappa shape index (κ3) is 2.57. The van der Waals surface area contributed by atoms with Gasteiger partial charge in [0.15, 0.2) is 0 Å². The summed E-state index contributed by atoms with van der Waals surface area (Å²) in [4.78, 5) is 0. The molecule has 0 aromatic heterocycles.